The first-order chi connectivity index (χ1) is 18.4. The standard InChI is InChI=1S/C30H30N6O2/c1-34(2)29(37)24-8-6-23(7-9-24)25-10-11-27(33-18-25)15-22-16-28(19-32-17-22)36-13-12-35(30(36)38)20-21-4-3-5-26(31)14-21/h3-11,14,16-19H,12-13,15,20,31H2,1-2H3. The normalized spacial score (nSPS) is 13.2. The van der Waals surface area contributed by atoms with Crippen LogP contribution in [-0.2, 0) is 13.0 Å². The Morgan fingerprint density at radius 1 is 0.921 bits per heavy atom. The topological polar surface area (TPSA) is 95.7 Å². The lowest BCUT2D eigenvalue weighted by Crippen LogP contribution is -2.31. The minimum absolute atomic E-state index is 0.0226. The Balaban J connectivity index is 1.24. The van der Waals surface area contributed by atoms with Crippen LogP contribution in [0.5, 0.6) is 0 Å². The van der Waals surface area contributed by atoms with Gasteiger partial charge in [-0.3, -0.25) is 19.7 Å². The van der Waals surface area contributed by atoms with Crippen molar-refractivity contribution in [2.24, 2.45) is 0 Å². The van der Waals surface area contributed by atoms with Crippen molar-refractivity contribution in [3.05, 3.63) is 108 Å². The molecule has 0 bridgehead atoms. The molecular weight excluding hydrogens is 476 g/mol. The second-order valence-electron chi connectivity index (χ2n) is 9.64. The van der Waals surface area contributed by atoms with Crippen LogP contribution < -0.4 is 10.6 Å². The highest BCUT2D eigenvalue weighted by molar-refractivity contribution is 5.94. The summed E-state index contributed by atoms with van der Waals surface area (Å²) in [5, 5.41) is 0. The molecular formula is C30H30N6O2. The average molecular weight is 507 g/mol. The molecule has 1 saturated heterocycles. The third kappa shape index (κ3) is 5.49. The maximum atomic E-state index is 13.1. The number of amides is 3. The molecule has 2 N–H and O–H groups in total. The lowest BCUT2D eigenvalue weighted by molar-refractivity contribution is 0.0827. The van der Waals surface area contributed by atoms with Crippen LogP contribution in [0, 0.1) is 0 Å². The summed E-state index contributed by atoms with van der Waals surface area (Å²) in [5.74, 6) is -0.0226. The first kappa shape index (κ1) is 25.0. The molecule has 1 aliphatic rings. The van der Waals surface area contributed by atoms with Gasteiger partial charge in [0.15, 0.2) is 0 Å². The molecule has 192 valence electrons. The number of pyridine rings is 2. The molecule has 0 unspecified atom stereocenters. The zero-order valence-corrected chi connectivity index (χ0v) is 21.5. The lowest BCUT2D eigenvalue weighted by Gasteiger charge is -2.19. The van der Waals surface area contributed by atoms with Crippen LogP contribution in [0.1, 0.15) is 27.2 Å². The number of nitrogens with zero attached hydrogens (tertiary/aromatic N) is 5. The van der Waals surface area contributed by atoms with Crippen molar-refractivity contribution in [1.29, 1.82) is 0 Å². The molecule has 0 radical (unpaired) electrons. The highest BCUT2D eigenvalue weighted by Crippen LogP contribution is 2.24. The van der Waals surface area contributed by atoms with Gasteiger partial charge in [-0.1, -0.05) is 30.3 Å². The number of rotatable bonds is 7. The van der Waals surface area contributed by atoms with E-state index in [2.05, 4.69) is 9.97 Å². The van der Waals surface area contributed by atoms with E-state index in [1.165, 1.54) is 0 Å². The molecule has 3 amide bonds. The summed E-state index contributed by atoms with van der Waals surface area (Å²) in [5.41, 5.74) is 12.9. The summed E-state index contributed by atoms with van der Waals surface area (Å²) in [7, 11) is 3.48. The van der Waals surface area contributed by atoms with Gasteiger partial charge in [-0.25, -0.2) is 4.79 Å². The Kier molecular flexibility index (Phi) is 7.04. The van der Waals surface area contributed by atoms with Crippen LogP contribution in [0.4, 0.5) is 16.2 Å². The highest BCUT2D eigenvalue weighted by atomic mass is 16.2. The van der Waals surface area contributed by atoms with Crippen molar-refractivity contribution in [1.82, 2.24) is 19.8 Å². The molecule has 2 aromatic carbocycles. The second kappa shape index (κ2) is 10.7. The molecule has 38 heavy (non-hydrogen) atoms. The maximum Gasteiger partial charge on any atom is 0.324 e. The van der Waals surface area contributed by atoms with Crippen molar-refractivity contribution in [3.63, 3.8) is 0 Å². The SMILES string of the molecule is CN(C)C(=O)c1ccc(-c2ccc(Cc3cncc(N4CCN(Cc5cccc(N)c5)C4=O)c3)nc2)cc1. The Hall–Kier alpha value is -4.72. The quantitative estimate of drug-likeness (QED) is 0.374. The van der Waals surface area contributed by atoms with Gasteiger partial charge in [0.2, 0.25) is 0 Å². The summed E-state index contributed by atoms with van der Waals surface area (Å²) in [6.07, 6.45) is 5.98. The van der Waals surface area contributed by atoms with Crippen LogP contribution in [0.25, 0.3) is 11.1 Å². The molecule has 5 rings (SSSR count). The summed E-state index contributed by atoms with van der Waals surface area (Å²) >= 11 is 0. The molecule has 0 aliphatic carbocycles. The van der Waals surface area contributed by atoms with Crippen molar-refractivity contribution in [3.8, 4) is 11.1 Å². The number of aromatic nitrogens is 2. The Bertz CT molecular complexity index is 1450. The van der Waals surface area contributed by atoms with Gasteiger partial charge >= 0.3 is 6.03 Å². The predicted molar refractivity (Wildman–Crippen MR) is 149 cm³/mol. The zero-order chi connectivity index (χ0) is 26.6. The minimum atomic E-state index is -0.0350. The molecule has 4 aromatic rings. The van der Waals surface area contributed by atoms with E-state index in [1.54, 1.807) is 30.1 Å². The third-order valence-corrected chi connectivity index (χ3v) is 6.59. The molecule has 3 heterocycles. The van der Waals surface area contributed by atoms with Crippen LogP contribution >= 0.6 is 0 Å². The van der Waals surface area contributed by atoms with Gasteiger partial charge in [0, 0.05) is 75.1 Å². The maximum absolute atomic E-state index is 13.1. The number of anilines is 2. The van der Waals surface area contributed by atoms with Crippen LogP contribution in [0.3, 0.4) is 0 Å². The van der Waals surface area contributed by atoms with E-state index in [-0.39, 0.29) is 11.9 Å². The minimum Gasteiger partial charge on any atom is -0.399 e. The smallest absolute Gasteiger partial charge is 0.324 e. The molecule has 0 atom stereocenters. The van der Waals surface area contributed by atoms with Gasteiger partial charge in [-0.2, -0.15) is 0 Å². The number of carbonyl (C=O) groups is 2. The number of nitrogen functional groups attached to an aromatic ring is 1. The Morgan fingerprint density at radius 2 is 1.71 bits per heavy atom. The summed E-state index contributed by atoms with van der Waals surface area (Å²) in [4.78, 5) is 39.4. The Labute approximate surface area is 222 Å². The van der Waals surface area contributed by atoms with Gasteiger partial charge < -0.3 is 15.5 Å². The first-order valence-corrected chi connectivity index (χ1v) is 12.5. The lowest BCUT2D eigenvalue weighted by atomic mass is 10.0. The number of urea groups is 1. The van der Waals surface area contributed by atoms with Crippen molar-refractivity contribution in [2.45, 2.75) is 13.0 Å². The first-order valence-electron chi connectivity index (χ1n) is 12.5. The molecule has 1 aliphatic heterocycles. The number of nitrogens with two attached hydrogens (primary N) is 1. The highest BCUT2D eigenvalue weighted by Gasteiger charge is 2.29. The fraction of sp³-hybridized carbons (Fsp3) is 0.200. The van der Waals surface area contributed by atoms with Gasteiger partial charge in [-0.05, 0) is 53.1 Å². The van der Waals surface area contributed by atoms with Crippen LogP contribution in [0.15, 0.2) is 85.3 Å². The van der Waals surface area contributed by atoms with Crippen molar-refractivity contribution in [2.75, 3.05) is 37.8 Å². The van der Waals surface area contributed by atoms with E-state index >= 15 is 0 Å². The number of benzene rings is 2. The number of hydrogen-bond acceptors (Lipinski definition) is 5. The summed E-state index contributed by atoms with van der Waals surface area (Å²) in [6.45, 7) is 1.78. The van der Waals surface area contributed by atoms with E-state index < -0.39 is 0 Å². The summed E-state index contributed by atoms with van der Waals surface area (Å²) < 4.78 is 0. The average Bonchev–Trinajstić information content (AvgIpc) is 3.28. The molecule has 0 saturated carbocycles. The Morgan fingerprint density at radius 3 is 2.42 bits per heavy atom. The number of carbonyl (C=O) groups excluding carboxylic acids is 2. The van der Waals surface area contributed by atoms with Gasteiger partial charge in [0.05, 0.1) is 11.9 Å². The fourth-order valence-electron chi connectivity index (χ4n) is 4.57. The third-order valence-electron chi connectivity index (χ3n) is 6.59. The zero-order valence-electron chi connectivity index (χ0n) is 21.5. The monoisotopic (exact) mass is 506 g/mol. The number of hydrogen-bond donors (Lipinski definition) is 1. The molecule has 2 aromatic heterocycles. The van der Waals surface area contributed by atoms with Gasteiger partial charge in [-0.15, -0.1) is 0 Å². The predicted octanol–water partition coefficient (Wildman–Crippen LogP) is 4.46. The molecule has 8 nitrogen and oxygen atoms in total. The van der Waals surface area contributed by atoms with Gasteiger partial charge in [0.25, 0.3) is 5.91 Å². The second-order valence-corrected chi connectivity index (χ2v) is 9.64. The van der Waals surface area contributed by atoms with Crippen LogP contribution in [0.2, 0.25) is 0 Å². The van der Waals surface area contributed by atoms with E-state index in [1.807, 2.05) is 84.0 Å². The van der Waals surface area contributed by atoms with Crippen LogP contribution in [-0.4, -0.2) is 58.9 Å². The molecule has 0 spiro atoms. The molecule has 1 fully saturated rings. The molecule has 8 heteroatoms. The summed E-state index contributed by atoms with van der Waals surface area (Å²) in [6, 6.07) is 21.2. The van der Waals surface area contributed by atoms with E-state index in [0.29, 0.717) is 37.3 Å². The fourth-order valence-corrected chi connectivity index (χ4v) is 4.57. The van der Waals surface area contributed by atoms with E-state index in [0.717, 1.165) is 33.6 Å². The van der Waals surface area contributed by atoms with Gasteiger partial charge in [0.1, 0.15) is 0 Å². The van der Waals surface area contributed by atoms with E-state index in [4.69, 9.17) is 5.73 Å². The largest absolute Gasteiger partial charge is 0.399 e. The van der Waals surface area contributed by atoms with E-state index in [9.17, 15) is 9.59 Å². The van der Waals surface area contributed by atoms with Crippen molar-refractivity contribution >= 4 is 23.3 Å². The van der Waals surface area contributed by atoms with Crippen molar-refractivity contribution < 1.29 is 9.59 Å².